The second kappa shape index (κ2) is 6.74. The lowest BCUT2D eigenvalue weighted by Crippen LogP contribution is -2.49. The van der Waals surface area contributed by atoms with E-state index < -0.39 is 12.1 Å². The minimum absolute atomic E-state index is 0.216. The molecule has 0 saturated carbocycles. The van der Waals surface area contributed by atoms with E-state index in [9.17, 15) is 9.59 Å². The van der Waals surface area contributed by atoms with Gasteiger partial charge in [0, 0.05) is 16.4 Å². The van der Waals surface area contributed by atoms with Crippen LogP contribution in [0.2, 0.25) is 0 Å². The molecule has 1 atom stereocenters. The Morgan fingerprint density at radius 2 is 2.05 bits per heavy atom. The lowest BCUT2D eigenvalue weighted by molar-refractivity contribution is -0.122. The highest BCUT2D eigenvalue weighted by Crippen LogP contribution is 2.25. The highest BCUT2D eigenvalue weighted by molar-refractivity contribution is 9.10. The predicted octanol–water partition coefficient (Wildman–Crippen LogP) is 1.90. The van der Waals surface area contributed by atoms with Crippen molar-refractivity contribution in [2.24, 2.45) is 5.73 Å². The maximum absolute atomic E-state index is 11.8. The molecule has 1 aromatic carbocycles. The van der Waals surface area contributed by atoms with Gasteiger partial charge in [-0.15, -0.1) is 0 Å². The number of benzene rings is 1. The van der Waals surface area contributed by atoms with E-state index in [0.717, 1.165) is 10.0 Å². The molecule has 0 aliphatic heterocycles. The van der Waals surface area contributed by atoms with Crippen molar-refractivity contribution in [3.8, 4) is 0 Å². The summed E-state index contributed by atoms with van der Waals surface area (Å²) in [4.78, 5) is 22.5. The maximum atomic E-state index is 11.8. The number of carbonyl (C=O) groups is 2. The van der Waals surface area contributed by atoms with Crippen molar-refractivity contribution in [2.75, 3.05) is 6.54 Å². The van der Waals surface area contributed by atoms with Crippen LogP contribution in [0.5, 0.6) is 0 Å². The Morgan fingerprint density at radius 1 is 1.40 bits per heavy atom. The van der Waals surface area contributed by atoms with Crippen LogP contribution in [0.4, 0.5) is 4.79 Å². The summed E-state index contributed by atoms with van der Waals surface area (Å²) in [5.74, 6) is -0.258. The summed E-state index contributed by atoms with van der Waals surface area (Å²) in [5.41, 5.74) is 5.88. The highest BCUT2D eigenvalue weighted by Gasteiger charge is 2.23. The Bertz CT molecular complexity index is 503. The van der Waals surface area contributed by atoms with Crippen molar-refractivity contribution in [1.29, 1.82) is 0 Å². The zero-order chi connectivity index (χ0) is 15.3. The third-order valence-corrected chi connectivity index (χ3v) is 3.56. The average molecular weight is 342 g/mol. The number of primary amides is 1. The Hall–Kier alpha value is -1.56. The first-order valence-corrected chi connectivity index (χ1v) is 7.11. The molecule has 1 aromatic rings. The van der Waals surface area contributed by atoms with E-state index in [0.29, 0.717) is 6.54 Å². The van der Waals surface area contributed by atoms with Gasteiger partial charge in [0.1, 0.15) is 6.04 Å². The Labute approximate surface area is 127 Å². The van der Waals surface area contributed by atoms with Crippen LogP contribution in [-0.2, 0) is 10.2 Å². The van der Waals surface area contributed by atoms with Gasteiger partial charge < -0.3 is 16.4 Å². The fourth-order valence-corrected chi connectivity index (χ4v) is 2.15. The normalized spacial score (nSPS) is 12.6. The Morgan fingerprint density at radius 3 is 2.60 bits per heavy atom. The molecule has 0 aliphatic rings. The molecule has 110 valence electrons. The summed E-state index contributed by atoms with van der Waals surface area (Å²) < 4.78 is 0.998. The zero-order valence-electron chi connectivity index (χ0n) is 11.9. The molecule has 5 nitrogen and oxygen atoms in total. The summed E-state index contributed by atoms with van der Waals surface area (Å²) >= 11 is 3.44. The van der Waals surface area contributed by atoms with Crippen molar-refractivity contribution in [2.45, 2.75) is 32.2 Å². The van der Waals surface area contributed by atoms with Crippen LogP contribution in [0.1, 0.15) is 26.3 Å². The molecule has 0 radical (unpaired) electrons. The van der Waals surface area contributed by atoms with E-state index in [1.807, 2.05) is 38.1 Å². The first kappa shape index (κ1) is 16.5. The standard InChI is InChI=1S/C14H20BrN3O2/c1-9(18-13(16)20)12(19)17-8-14(2,3)10-5-4-6-11(15)7-10/h4-7,9H,8H2,1-3H3,(H,17,19)(H3,16,18,20). The van der Waals surface area contributed by atoms with Crippen molar-refractivity contribution in [3.63, 3.8) is 0 Å². The molecule has 0 saturated heterocycles. The highest BCUT2D eigenvalue weighted by atomic mass is 79.9. The molecule has 0 fully saturated rings. The predicted molar refractivity (Wildman–Crippen MR) is 82.4 cm³/mol. The molecule has 0 bridgehead atoms. The first-order chi connectivity index (χ1) is 9.22. The molecule has 3 amide bonds. The number of hydrogen-bond acceptors (Lipinski definition) is 2. The van der Waals surface area contributed by atoms with E-state index in [1.54, 1.807) is 6.92 Å². The second-order valence-corrected chi connectivity index (χ2v) is 6.26. The van der Waals surface area contributed by atoms with E-state index in [1.165, 1.54) is 0 Å². The monoisotopic (exact) mass is 341 g/mol. The quantitative estimate of drug-likeness (QED) is 0.764. The molecule has 4 N–H and O–H groups in total. The SMILES string of the molecule is CC(NC(N)=O)C(=O)NCC(C)(C)c1cccc(Br)c1. The summed E-state index contributed by atoms with van der Waals surface area (Å²) in [6.07, 6.45) is 0. The fraction of sp³-hybridized carbons (Fsp3) is 0.429. The molecular formula is C14H20BrN3O2. The number of nitrogens with one attached hydrogen (secondary N) is 2. The average Bonchev–Trinajstić information content (AvgIpc) is 2.35. The Kier molecular flexibility index (Phi) is 5.56. The van der Waals surface area contributed by atoms with Crippen LogP contribution in [0.25, 0.3) is 0 Å². The fourth-order valence-electron chi connectivity index (χ4n) is 1.75. The van der Waals surface area contributed by atoms with E-state index in [-0.39, 0.29) is 11.3 Å². The molecule has 0 aliphatic carbocycles. The van der Waals surface area contributed by atoms with E-state index in [4.69, 9.17) is 5.73 Å². The molecule has 0 aromatic heterocycles. The molecule has 1 unspecified atom stereocenters. The van der Waals surface area contributed by atoms with Crippen LogP contribution in [0, 0.1) is 0 Å². The molecule has 0 heterocycles. The summed E-state index contributed by atoms with van der Waals surface area (Å²) in [5, 5.41) is 5.17. The number of amides is 3. The number of nitrogens with two attached hydrogens (primary N) is 1. The summed E-state index contributed by atoms with van der Waals surface area (Å²) in [7, 11) is 0. The van der Waals surface area contributed by atoms with Crippen LogP contribution >= 0.6 is 15.9 Å². The number of hydrogen-bond donors (Lipinski definition) is 3. The smallest absolute Gasteiger partial charge is 0.312 e. The van der Waals surface area contributed by atoms with Gasteiger partial charge in [-0.05, 0) is 24.6 Å². The van der Waals surface area contributed by atoms with Gasteiger partial charge in [0.25, 0.3) is 0 Å². The van der Waals surface area contributed by atoms with Crippen molar-refractivity contribution >= 4 is 27.9 Å². The van der Waals surface area contributed by atoms with Gasteiger partial charge in [-0.3, -0.25) is 4.79 Å². The minimum Gasteiger partial charge on any atom is -0.353 e. The lowest BCUT2D eigenvalue weighted by atomic mass is 9.84. The van der Waals surface area contributed by atoms with Gasteiger partial charge in [0.2, 0.25) is 5.91 Å². The van der Waals surface area contributed by atoms with Gasteiger partial charge in [-0.25, -0.2) is 4.79 Å². The van der Waals surface area contributed by atoms with Crippen molar-refractivity contribution in [1.82, 2.24) is 10.6 Å². The molecule has 20 heavy (non-hydrogen) atoms. The second-order valence-electron chi connectivity index (χ2n) is 5.34. The largest absolute Gasteiger partial charge is 0.353 e. The number of halogens is 1. The number of carbonyl (C=O) groups excluding carboxylic acids is 2. The van der Waals surface area contributed by atoms with E-state index in [2.05, 4.69) is 26.6 Å². The van der Waals surface area contributed by atoms with Gasteiger partial charge in [-0.1, -0.05) is 41.9 Å². The lowest BCUT2D eigenvalue weighted by Gasteiger charge is -2.26. The maximum Gasteiger partial charge on any atom is 0.312 e. The van der Waals surface area contributed by atoms with Gasteiger partial charge >= 0.3 is 6.03 Å². The zero-order valence-corrected chi connectivity index (χ0v) is 13.5. The molecule has 0 spiro atoms. The van der Waals surface area contributed by atoms with Crippen LogP contribution in [0.3, 0.4) is 0 Å². The third kappa shape index (κ3) is 4.85. The van der Waals surface area contributed by atoms with E-state index >= 15 is 0 Å². The Balaban J connectivity index is 2.63. The van der Waals surface area contributed by atoms with Crippen LogP contribution < -0.4 is 16.4 Å². The van der Waals surface area contributed by atoms with Crippen molar-refractivity contribution < 1.29 is 9.59 Å². The molecule has 6 heteroatoms. The van der Waals surface area contributed by atoms with Gasteiger partial charge in [-0.2, -0.15) is 0 Å². The van der Waals surface area contributed by atoms with Crippen LogP contribution in [-0.4, -0.2) is 24.5 Å². The van der Waals surface area contributed by atoms with Gasteiger partial charge in [0.15, 0.2) is 0 Å². The topological polar surface area (TPSA) is 84.2 Å². The van der Waals surface area contributed by atoms with Crippen LogP contribution in [0.15, 0.2) is 28.7 Å². The molecule has 1 rings (SSSR count). The third-order valence-electron chi connectivity index (χ3n) is 3.06. The number of urea groups is 1. The van der Waals surface area contributed by atoms with Crippen molar-refractivity contribution in [3.05, 3.63) is 34.3 Å². The van der Waals surface area contributed by atoms with Gasteiger partial charge in [0.05, 0.1) is 0 Å². The summed E-state index contributed by atoms with van der Waals surface area (Å²) in [6, 6.07) is 6.60. The first-order valence-electron chi connectivity index (χ1n) is 6.32. The molecular weight excluding hydrogens is 322 g/mol. The summed E-state index contributed by atoms with van der Waals surface area (Å²) in [6.45, 7) is 6.14. The minimum atomic E-state index is -0.709. The number of rotatable bonds is 5.